The first-order chi connectivity index (χ1) is 12.6. The van der Waals surface area contributed by atoms with Crippen LogP contribution in [0.5, 0.6) is 0 Å². The van der Waals surface area contributed by atoms with Gasteiger partial charge in [-0.15, -0.1) is 0 Å². The summed E-state index contributed by atoms with van der Waals surface area (Å²) < 4.78 is 1.15. The van der Waals surface area contributed by atoms with Gasteiger partial charge in [-0.1, -0.05) is 48.7 Å². The maximum Gasteiger partial charge on any atom is 0.225 e. The van der Waals surface area contributed by atoms with Crippen LogP contribution in [-0.4, -0.2) is 22.6 Å². The molecule has 0 saturated heterocycles. The quantitative estimate of drug-likeness (QED) is 0.738. The molecule has 1 N–H and O–H groups in total. The molecule has 0 atom stereocenters. The molecule has 2 aliphatic rings. The van der Waals surface area contributed by atoms with E-state index < -0.39 is 0 Å². The summed E-state index contributed by atoms with van der Waals surface area (Å²) in [5, 5.41) is 3.59. The van der Waals surface area contributed by atoms with E-state index in [4.69, 9.17) is 9.97 Å². The molecule has 1 saturated carbocycles. The van der Waals surface area contributed by atoms with Gasteiger partial charge in [0.2, 0.25) is 5.95 Å². The third-order valence-corrected chi connectivity index (χ3v) is 6.01. The number of hydrogen-bond acceptors (Lipinski definition) is 4. The summed E-state index contributed by atoms with van der Waals surface area (Å²) in [5.41, 5.74) is 3.96. The number of hydrogen-bond donors (Lipinski definition) is 1. The minimum absolute atomic E-state index is 0.395. The maximum absolute atomic E-state index is 4.89. The molecule has 0 bridgehead atoms. The van der Waals surface area contributed by atoms with Gasteiger partial charge in [-0.25, -0.2) is 4.98 Å². The Morgan fingerprint density at radius 1 is 1.12 bits per heavy atom. The van der Waals surface area contributed by atoms with Crippen molar-refractivity contribution in [1.82, 2.24) is 9.97 Å². The van der Waals surface area contributed by atoms with Crippen LogP contribution < -0.4 is 10.2 Å². The Morgan fingerprint density at radius 3 is 2.69 bits per heavy atom. The number of rotatable bonds is 4. The average molecular weight is 415 g/mol. The monoisotopic (exact) mass is 414 g/mol. The van der Waals surface area contributed by atoms with Crippen molar-refractivity contribution in [3.05, 3.63) is 45.6 Å². The van der Waals surface area contributed by atoms with E-state index in [1.165, 1.54) is 36.8 Å². The number of anilines is 2. The largest absolute Gasteiger partial charge is 0.352 e. The molecule has 4 nitrogen and oxygen atoms in total. The third-order valence-electron chi connectivity index (χ3n) is 5.52. The second-order valence-electron chi connectivity index (χ2n) is 7.84. The Bertz CT molecular complexity index is 784. The van der Waals surface area contributed by atoms with Gasteiger partial charge in [-0.05, 0) is 48.4 Å². The highest BCUT2D eigenvalue weighted by Crippen LogP contribution is 2.29. The molecular formula is C21H27BrN4. The highest BCUT2D eigenvalue weighted by molar-refractivity contribution is 9.10. The van der Waals surface area contributed by atoms with Crippen LogP contribution in [0.2, 0.25) is 0 Å². The fourth-order valence-corrected chi connectivity index (χ4v) is 4.36. The van der Waals surface area contributed by atoms with Gasteiger partial charge < -0.3 is 10.2 Å². The molecule has 1 aromatic heterocycles. The zero-order valence-corrected chi connectivity index (χ0v) is 17.2. The van der Waals surface area contributed by atoms with E-state index in [2.05, 4.69) is 64.3 Å². The summed E-state index contributed by atoms with van der Waals surface area (Å²) in [6.07, 6.45) is 6.15. The molecule has 0 spiro atoms. The van der Waals surface area contributed by atoms with E-state index in [0.717, 1.165) is 41.4 Å². The Morgan fingerprint density at radius 2 is 1.92 bits per heavy atom. The summed E-state index contributed by atoms with van der Waals surface area (Å²) in [5.74, 6) is 2.25. The first-order valence-corrected chi connectivity index (χ1v) is 10.6. The fraction of sp³-hybridized carbons (Fsp3) is 0.524. The van der Waals surface area contributed by atoms with Crippen LogP contribution in [0.15, 0.2) is 28.7 Å². The number of aromatic nitrogens is 2. The van der Waals surface area contributed by atoms with Gasteiger partial charge in [-0.3, -0.25) is 0 Å². The van der Waals surface area contributed by atoms with Crippen LogP contribution in [-0.2, 0) is 13.0 Å². The van der Waals surface area contributed by atoms with Crippen LogP contribution in [0.25, 0.3) is 0 Å². The smallest absolute Gasteiger partial charge is 0.225 e. The van der Waals surface area contributed by atoms with Gasteiger partial charge in [0, 0.05) is 29.7 Å². The molecule has 1 aliphatic carbocycles. The maximum atomic E-state index is 4.89. The standard InChI is InChI=1S/C21H27BrN4/c1-14(2)19-12-20(25-21(24-19)23-18-5-3-4-6-18)26-10-9-15-7-8-17(22)11-16(15)13-26/h7-8,11-12,14,18H,3-6,9-10,13H2,1-2H3,(H,23,24,25). The molecule has 2 aromatic rings. The summed E-state index contributed by atoms with van der Waals surface area (Å²) in [7, 11) is 0. The van der Waals surface area contributed by atoms with E-state index >= 15 is 0 Å². The van der Waals surface area contributed by atoms with E-state index in [1.54, 1.807) is 0 Å². The molecule has 1 fully saturated rings. The molecule has 1 aromatic carbocycles. The van der Waals surface area contributed by atoms with Crippen molar-refractivity contribution >= 4 is 27.7 Å². The van der Waals surface area contributed by atoms with Crippen molar-refractivity contribution in [3.63, 3.8) is 0 Å². The summed E-state index contributed by atoms with van der Waals surface area (Å²) in [6.45, 7) is 6.32. The van der Waals surface area contributed by atoms with Crippen molar-refractivity contribution in [1.29, 1.82) is 0 Å². The minimum atomic E-state index is 0.395. The van der Waals surface area contributed by atoms with E-state index in [-0.39, 0.29) is 0 Å². The van der Waals surface area contributed by atoms with Crippen LogP contribution in [0, 0.1) is 0 Å². The van der Waals surface area contributed by atoms with Gasteiger partial charge in [0.05, 0.1) is 5.69 Å². The molecule has 0 amide bonds. The van der Waals surface area contributed by atoms with Gasteiger partial charge in [0.25, 0.3) is 0 Å². The van der Waals surface area contributed by atoms with Crippen LogP contribution >= 0.6 is 15.9 Å². The highest BCUT2D eigenvalue weighted by Gasteiger charge is 2.21. The first kappa shape index (κ1) is 17.8. The zero-order chi connectivity index (χ0) is 18.1. The van der Waals surface area contributed by atoms with Gasteiger partial charge in [0.15, 0.2) is 0 Å². The number of nitrogens with zero attached hydrogens (tertiary/aromatic N) is 3. The van der Waals surface area contributed by atoms with E-state index in [9.17, 15) is 0 Å². The van der Waals surface area contributed by atoms with Crippen molar-refractivity contribution in [2.75, 3.05) is 16.8 Å². The SMILES string of the molecule is CC(C)c1cc(N2CCc3ccc(Br)cc3C2)nc(NC2CCCC2)n1. The summed E-state index contributed by atoms with van der Waals surface area (Å²) in [4.78, 5) is 12.1. The lowest BCUT2D eigenvalue weighted by Crippen LogP contribution is -2.31. The van der Waals surface area contributed by atoms with Crippen molar-refractivity contribution in [2.24, 2.45) is 0 Å². The lowest BCUT2D eigenvalue weighted by atomic mass is 10.00. The fourth-order valence-electron chi connectivity index (χ4n) is 3.95. The zero-order valence-electron chi connectivity index (χ0n) is 15.6. The second kappa shape index (κ2) is 7.55. The van der Waals surface area contributed by atoms with Crippen LogP contribution in [0.4, 0.5) is 11.8 Å². The minimum Gasteiger partial charge on any atom is -0.352 e. The van der Waals surface area contributed by atoms with E-state index in [1.807, 2.05) is 0 Å². The number of benzene rings is 1. The lowest BCUT2D eigenvalue weighted by molar-refractivity contribution is 0.705. The normalized spacial score (nSPS) is 17.6. The summed E-state index contributed by atoms with van der Waals surface area (Å²) >= 11 is 3.60. The predicted molar refractivity (Wildman–Crippen MR) is 111 cm³/mol. The molecule has 1 aliphatic heterocycles. The van der Waals surface area contributed by atoms with Crippen molar-refractivity contribution < 1.29 is 0 Å². The Labute approximate surface area is 164 Å². The van der Waals surface area contributed by atoms with Crippen LogP contribution in [0.1, 0.15) is 62.3 Å². The molecule has 138 valence electrons. The summed E-state index contributed by atoms with van der Waals surface area (Å²) in [6, 6.07) is 9.32. The van der Waals surface area contributed by atoms with Gasteiger partial charge >= 0.3 is 0 Å². The molecule has 5 heteroatoms. The third kappa shape index (κ3) is 3.88. The molecule has 0 unspecified atom stereocenters. The van der Waals surface area contributed by atoms with Gasteiger partial charge in [-0.2, -0.15) is 4.98 Å². The Hall–Kier alpha value is -1.62. The first-order valence-electron chi connectivity index (χ1n) is 9.76. The molecule has 0 radical (unpaired) electrons. The number of halogens is 1. The average Bonchev–Trinajstić information content (AvgIpc) is 3.13. The van der Waals surface area contributed by atoms with Crippen LogP contribution in [0.3, 0.4) is 0 Å². The topological polar surface area (TPSA) is 41.1 Å². The van der Waals surface area contributed by atoms with Crippen molar-refractivity contribution in [3.8, 4) is 0 Å². The van der Waals surface area contributed by atoms with E-state index in [0.29, 0.717) is 12.0 Å². The predicted octanol–water partition coefficient (Wildman–Crippen LogP) is 5.28. The highest BCUT2D eigenvalue weighted by atomic mass is 79.9. The van der Waals surface area contributed by atoms with Crippen molar-refractivity contribution in [2.45, 2.75) is 64.5 Å². The molecule has 2 heterocycles. The molecular weight excluding hydrogens is 388 g/mol. The second-order valence-corrected chi connectivity index (χ2v) is 8.76. The Balaban J connectivity index is 1.61. The molecule has 26 heavy (non-hydrogen) atoms. The van der Waals surface area contributed by atoms with Gasteiger partial charge in [0.1, 0.15) is 5.82 Å². The number of nitrogens with one attached hydrogen (secondary N) is 1. The number of fused-ring (bicyclic) bond motifs is 1. The lowest BCUT2D eigenvalue weighted by Gasteiger charge is -2.30. The Kier molecular flexibility index (Phi) is 5.16. The molecule has 4 rings (SSSR count).